The van der Waals surface area contributed by atoms with Crippen molar-refractivity contribution < 1.29 is 13.2 Å². The van der Waals surface area contributed by atoms with Crippen molar-refractivity contribution in [3.8, 4) is 0 Å². The van der Waals surface area contributed by atoms with E-state index in [2.05, 4.69) is 21.2 Å². The highest BCUT2D eigenvalue weighted by Gasteiger charge is 2.12. The molecule has 1 rings (SSSR count). The molecule has 0 saturated heterocycles. The van der Waals surface area contributed by atoms with Gasteiger partial charge in [0.25, 0.3) is 9.05 Å². The number of amides is 1. The van der Waals surface area contributed by atoms with E-state index in [0.29, 0.717) is 16.6 Å². The number of anilines is 1. The maximum absolute atomic E-state index is 11.4. The minimum Gasteiger partial charge on any atom is -0.325 e. The maximum atomic E-state index is 11.4. The largest absolute Gasteiger partial charge is 0.325 e. The van der Waals surface area contributed by atoms with Gasteiger partial charge in [-0.15, -0.1) is 0 Å². The summed E-state index contributed by atoms with van der Waals surface area (Å²) in [7, 11) is 1.45. The Morgan fingerprint density at radius 3 is 2.59 bits per heavy atom. The second-order valence-corrected chi connectivity index (χ2v) is 6.80. The molecule has 0 heterocycles. The van der Waals surface area contributed by atoms with Crippen molar-refractivity contribution in [1.82, 2.24) is 0 Å². The lowest BCUT2D eigenvalue weighted by Crippen LogP contribution is -2.11. The molecule has 1 aromatic rings. The van der Waals surface area contributed by atoms with Crippen molar-refractivity contribution in [3.05, 3.63) is 22.7 Å². The van der Waals surface area contributed by atoms with Gasteiger partial charge in [0.05, 0.1) is 10.6 Å². The Morgan fingerprint density at radius 2 is 2.12 bits per heavy atom. The molecule has 0 aliphatic rings. The van der Waals surface area contributed by atoms with Gasteiger partial charge in [-0.25, -0.2) is 8.42 Å². The Balaban J connectivity index is 2.95. The summed E-state index contributed by atoms with van der Waals surface area (Å²) >= 11 is 3.18. The molecule has 0 spiro atoms. The minimum atomic E-state index is -3.75. The lowest BCUT2D eigenvalue weighted by atomic mass is 10.3. The molecule has 0 unspecified atom stereocenters. The highest BCUT2D eigenvalue weighted by molar-refractivity contribution is 9.10. The van der Waals surface area contributed by atoms with Gasteiger partial charge in [-0.1, -0.05) is 6.92 Å². The number of benzene rings is 1. The van der Waals surface area contributed by atoms with Crippen molar-refractivity contribution in [3.63, 3.8) is 0 Å². The van der Waals surface area contributed by atoms with Crippen molar-refractivity contribution in [1.29, 1.82) is 0 Å². The fraction of sp³-hybridized carbons (Fsp3) is 0.300. The minimum absolute atomic E-state index is 0.0143. The first kappa shape index (κ1) is 14.5. The van der Waals surface area contributed by atoms with Crippen LogP contribution in [0.25, 0.3) is 0 Å². The fourth-order valence-corrected chi connectivity index (χ4v) is 2.60. The summed E-state index contributed by atoms with van der Waals surface area (Å²) in [6, 6.07) is 4.19. The van der Waals surface area contributed by atoms with Gasteiger partial charge in [0.2, 0.25) is 5.91 Å². The summed E-state index contributed by atoms with van der Waals surface area (Å²) in [5.41, 5.74) is 0.521. The van der Waals surface area contributed by atoms with E-state index in [1.165, 1.54) is 18.2 Å². The molecule has 7 heteroatoms. The van der Waals surface area contributed by atoms with Crippen molar-refractivity contribution in [2.75, 3.05) is 5.32 Å². The van der Waals surface area contributed by atoms with E-state index in [9.17, 15) is 13.2 Å². The standard InChI is InChI=1S/C10H11BrClNO3S/c1-2-3-10(14)13-9-5-4-7(6-8(9)11)17(12,15)16/h4-6H,2-3H2,1H3,(H,13,14). The first-order valence-corrected chi connectivity index (χ1v) is 7.99. The van der Waals surface area contributed by atoms with Crippen LogP contribution in [-0.2, 0) is 13.8 Å². The average Bonchev–Trinajstić information content (AvgIpc) is 2.20. The van der Waals surface area contributed by atoms with Crippen LogP contribution >= 0.6 is 26.6 Å². The van der Waals surface area contributed by atoms with Gasteiger partial charge in [0, 0.05) is 21.6 Å². The number of hydrogen-bond acceptors (Lipinski definition) is 3. The molecule has 0 bridgehead atoms. The van der Waals surface area contributed by atoms with Crippen LogP contribution in [0.2, 0.25) is 0 Å². The van der Waals surface area contributed by atoms with Gasteiger partial charge in [-0.2, -0.15) is 0 Å². The Kier molecular flexibility index (Phi) is 4.97. The first-order valence-electron chi connectivity index (χ1n) is 4.88. The molecule has 0 aliphatic carbocycles. The molecule has 94 valence electrons. The topological polar surface area (TPSA) is 63.2 Å². The maximum Gasteiger partial charge on any atom is 0.261 e. The normalized spacial score (nSPS) is 11.2. The first-order chi connectivity index (χ1) is 7.84. The van der Waals surface area contributed by atoms with E-state index in [1.54, 1.807) is 0 Å². The zero-order valence-electron chi connectivity index (χ0n) is 9.04. The third kappa shape index (κ3) is 4.29. The number of hydrogen-bond donors (Lipinski definition) is 1. The van der Waals surface area contributed by atoms with Crippen LogP contribution in [0.15, 0.2) is 27.6 Å². The van der Waals surface area contributed by atoms with Gasteiger partial charge >= 0.3 is 0 Å². The zero-order chi connectivity index (χ0) is 13.1. The predicted octanol–water partition coefficient (Wildman–Crippen LogP) is 3.12. The van der Waals surface area contributed by atoms with Gasteiger partial charge < -0.3 is 5.32 Å². The Bertz CT molecular complexity index is 530. The molecule has 1 aromatic carbocycles. The predicted molar refractivity (Wildman–Crippen MR) is 70.7 cm³/mol. The van der Waals surface area contributed by atoms with Crippen LogP contribution in [0.3, 0.4) is 0 Å². The summed E-state index contributed by atoms with van der Waals surface area (Å²) in [5, 5.41) is 2.67. The van der Waals surface area contributed by atoms with E-state index in [-0.39, 0.29) is 10.8 Å². The van der Waals surface area contributed by atoms with Gasteiger partial charge in [-0.05, 0) is 40.5 Å². The molecule has 0 aliphatic heterocycles. The second kappa shape index (κ2) is 5.84. The molecule has 1 N–H and O–H groups in total. The molecule has 4 nitrogen and oxygen atoms in total. The molecule has 0 atom stereocenters. The average molecular weight is 341 g/mol. The third-order valence-corrected chi connectivity index (χ3v) is 3.98. The van der Waals surface area contributed by atoms with E-state index in [0.717, 1.165) is 6.42 Å². The summed E-state index contributed by atoms with van der Waals surface area (Å²) < 4.78 is 22.6. The van der Waals surface area contributed by atoms with Gasteiger partial charge in [-0.3, -0.25) is 4.79 Å². The number of carbonyl (C=O) groups is 1. The highest BCUT2D eigenvalue weighted by atomic mass is 79.9. The molecule has 0 aromatic heterocycles. The van der Waals surface area contributed by atoms with Crippen LogP contribution in [0, 0.1) is 0 Å². The van der Waals surface area contributed by atoms with Crippen LogP contribution in [0.5, 0.6) is 0 Å². The quantitative estimate of drug-likeness (QED) is 0.857. The molecular weight excluding hydrogens is 330 g/mol. The molecule has 0 saturated carbocycles. The monoisotopic (exact) mass is 339 g/mol. The van der Waals surface area contributed by atoms with E-state index in [1.807, 2.05) is 6.92 Å². The third-order valence-electron chi connectivity index (χ3n) is 1.97. The lowest BCUT2D eigenvalue weighted by molar-refractivity contribution is -0.116. The number of halogens is 2. The number of nitrogens with one attached hydrogen (secondary N) is 1. The SMILES string of the molecule is CCCC(=O)Nc1ccc(S(=O)(=O)Cl)cc1Br. The molecule has 1 amide bonds. The highest BCUT2D eigenvalue weighted by Crippen LogP contribution is 2.27. The summed E-state index contributed by atoms with van der Waals surface area (Å²) in [6.45, 7) is 1.90. The van der Waals surface area contributed by atoms with Crippen molar-refractivity contribution >= 4 is 47.3 Å². The molecule has 0 fully saturated rings. The smallest absolute Gasteiger partial charge is 0.261 e. The van der Waals surface area contributed by atoms with Gasteiger partial charge in [0.1, 0.15) is 0 Å². The summed E-state index contributed by atoms with van der Waals surface area (Å²) in [5.74, 6) is -0.116. The summed E-state index contributed by atoms with van der Waals surface area (Å²) in [4.78, 5) is 11.4. The van der Waals surface area contributed by atoms with Crippen molar-refractivity contribution in [2.45, 2.75) is 24.7 Å². The van der Waals surface area contributed by atoms with Crippen LogP contribution < -0.4 is 5.32 Å². The van der Waals surface area contributed by atoms with Crippen molar-refractivity contribution in [2.24, 2.45) is 0 Å². The van der Waals surface area contributed by atoms with E-state index in [4.69, 9.17) is 10.7 Å². The Morgan fingerprint density at radius 1 is 1.47 bits per heavy atom. The second-order valence-electron chi connectivity index (χ2n) is 3.38. The fourth-order valence-electron chi connectivity index (χ4n) is 1.19. The van der Waals surface area contributed by atoms with Crippen LogP contribution in [-0.4, -0.2) is 14.3 Å². The lowest BCUT2D eigenvalue weighted by Gasteiger charge is -2.07. The Labute approximate surface area is 113 Å². The van der Waals surface area contributed by atoms with Crippen LogP contribution in [0.4, 0.5) is 5.69 Å². The molecule has 17 heavy (non-hydrogen) atoms. The molecular formula is C10H11BrClNO3S. The zero-order valence-corrected chi connectivity index (χ0v) is 12.2. The Hall–Kier alpha value is -0.590. The number of rotatable bonds is 4. The van der Waals surface area contributed by atoms with Crippen LogP contribution in [0.1, 0.15) is 19.8 Å². The summed E-state index contributed by atoms with van der Waals surface area (Å²) in [6.07, 6.45) is 1.17. The van der Waals surface area contributed by atoms with E-state index >= 15 is 0 Å². The van der Waals surface area contributed by atoms with Gasteiger partial charge in [0.15, 0.2) is 0 Å². The number of carbonyl (C=O) groups excluding carboxylic acids is 1. The van der Waals surface area contributed by atoms with E-state index < -0.39 is 9.05 Å². The molecule has 0 radical (unpaired) electrons.